The summed E-state index contributed by atoms with van der Waals surface area (Å²) >= 11 is 0. The first-order valence-electron chi connectivity index (χ1n) is 6.27. The molecule has 0 aromatic carbocycles. The van der Waals surface area contributed by atoms with E-state index in [1.165, 1.54) is 0 Å². The van der Waals surface area contributed by atoms with Crippen LogP contribution in [0.4, 0.5) is 0 Å². The average molecular weight is 298 g/mol. The summed E-state index contributed by atoms with van der Waals surface area (Å²) in [5.74, 6) is -0.197. The van der Waals surface area contributed by atoms with Gasteiger partial charge >= 0.3 is 0 Å². The molecule has 0 amide bonds. The highest BCUT2D eigenvalue weighted by Gasteiger charge is 2.23. The number of hydrogen-bond donors (Lipinski definition) is 1. The molecule has 108 valence electrons. The third-order valence-corrected chi connectivity index (χ3v) is 5.46. The molecule has 1 N–H and O–H groups in total. The molecule has 1 rings (SSSR count). The maximum Gasteiger partial charge on any atom is 0.264 e. The fourth-order valence-corrected chi connectivity index (χ4v) is 3.67. The highest BCUT2D eigenvalue weighted by Crippen LogP contribution is 2.24. The smallest absolute Gasteiger partial charge is 0.264 e. The second-order valence-corrected chi connectivity index (χ2v) is 8.00. The summed E-state index contributed by atoms with van der Waals surface area (Å²) in [6.07, 6.45) is 6.78. The van der Waals surface area contributed by atoms with E-state index in [0.29, 0.717) is 24.7 Å². The molecule has 0 heterocycles. The molecule has 0 aliphatic heterocycles. The third kappa shape index (κ3) is 6.82. The Labute approximate surface area is 111 Å². The van der Waals surface area contributed by atoms with Crippen molar-refractivity contribution in [3.8, 4) is 0 Å². The summed E-state index contributed by atoms with van der Waals surface area (Å²) in [6, 6.07) is 0. The predicted molar refractivity (Wildman–Crippen MR) is 71.7 cm³/mol. The second-order valence-electron chi connectivity index (χ2n) is 4.76. The monoisotopic (exact) mass is 298 g/mol. The Balaban J connectivity index is 2.06. The first-order valence-corrected chi connectivity index (χ1v) is 9.50. The van der Waals surface area contributed by atoms with E-state index in [0.717, 1.165) is 25.7 Å². The lowest BCUT2D eigenvalue weighted by molar-refractivity contribution is 0.0278. The van der Waals surface area contributed by atoms with Crippen molar-refractivity contribution in [1.29, 1.82) is 0 Å². The minimum atomic E-state index is -3.84. The zero-order valence-corrected chi connectivity index (χ0v) is 12.3. The van der Waals surface area contributed by atoms with E-state index >= 15 is 0 Å². The molecule has 0 bridgehead atoms. The lowest BCUT2D eigenvalue weighted by Crippen LogP contribution is -2.27. The minimum Gasteiger partial charge on any atom is -0.378 e. The van der Waals surface area contributed by atoms with Crippen molar-refractivity contribution in [3.05, 3.63) is 0 Å². The van der Waals surface area contributed by atoms with Crippen LogP contribution in [-0.2, 0) is 25.7 Å². The van der Waals surface area contributed by atoms with Gasteiger partial charge in [0.2, 0.25) is 0 Å². The van der Waals surface area contributed by atoms with Gasteiger partial charge in [0.1, 0.15) is 0 Å². The van der Waals surface area contributed by atoms with Gasteiger partial charge in [-0.25, -0.2) is 0 Å². The molecule has 1 atom stereocenters. The first kappa shape index (κ1) is 16.1. The van der Waals surface area contributed by atoms with Crippen LogP contribution in [0.2, 0.25) is 0 Å². The molecule has 7 heteroatoms. The van der Waals surface area contributed by atoms with Crippen LogP contribution in [0, 0.1) is 0 Å². The molecule has 1 aliphatic carbocycles. The van der Waals surface area contributed by atoms with Gasteiger partial charge in [-0.2, -0.15) is 8.42 Å². The van der Waals surface area contributed by atoms with Crippen LogP contribution in [-0.4, -0.2) is 47.1 Å². The number of hydrogen-bond acceptors (Lipinski definition) is 4. The van der Waals surface area contributed by atoms with Crippen molar-refractivity contribution >= 4 is 20.9 Å². The van der Waals surface area contributed by atoms with E-state index in [4.69, 9.17) is 9.29 Å². The largest absolute Gasteiger partial charge is 0.378 e. The lowest BCUT2D eigenvalue weighted by atomic mass is 9.97. The molecule has 0 aromatic rings. The summed E-state index contributed by atoms with van der Waals surface area (Å²) in [5.41, 5.74) is 0. The van der Waals surface area contributed by atoms with Gasteiger partial charge in [0.15, 0.2) is 0 Å². The summed E-state index contributed by atoms with van der Waals surface area (Å²) in [4.78, 5) is 0. The molecule has 1 fully saturated rings. The fourth-order valence-electron chi connectivity index (χ4n) is 2.17. The molecular formula is C11H22O5S2. The zero-order chi connectivity index (χ0) is 13.6. The summed E-state index contributed by atoms with van der Waals surface area (Å²) < 4.78 is 46.5. The SMILES string of the molecule is CS(=O)C1CCC(OCCCCS(=O)(=O)O)CC1. The standard InChI is InChI=1S/C11H22O5S2/c1-17(12)11-6-4-10(5-7-11)16-8-2-3-9-18(13,14)15/h10-11H,2-9H2,1H3,(H,13,14,15). The van der Waals surface area contributed by atoms with Crippen LogP contribution < -0.4 is 0 Å². The van der Waals surface area contributed by atoms with E-state index in [-0.39, 0.29) is 11.9 Å². The summed E-state index contributed by atoms with van der Waals surface area (Å²) in [6.45, 7) is 0.528. The lowest BCUT2D eigenvalue weighted by Gasteiger charge is -2.27. The molecule has 1 aliphatic rings. The van der Waals surface area contributed by atoms with Crippen LogP contribution in [0.1, 0.15) is 38.5 Å². The molecule has 5 nitrogen and oxygen atoms in total. The van der Waals surface area contributed by atoms with E-state index < -0.39 is 20.9 Å². The van der Waals surface area contributed by atoms with Crippen LogP contribution in [0.5, 0.6) is 0 Å². The first-order chi connectivity index (χ1) is 8.38. The molecule has 1 saturated carbocycles. The van der Waals surface area contributed by atoms with Gasteiger partial charge in [0, 0.05) is 28.9 Å². The van der Waals surface area contributed by atoms with Gasteiger partial charge < -0.3 is 4.74 Å². The highest BCUT2D eigenvalue weighted by atomic mass is 32.2. The Morgan fingerprint density at radius 2 is 1.83 bits per heavy atom. The van der Waals surface area contributed by atoms with Crippen LogP contribution in [0.15, 0.2) is 0 Å². The average Bonchev–Trinajstić information content (AvgIpc) is 2.27. The van der Waals surface area contributed by atoms with E-state index in [2.05, 4.69) is 0 Å². The Bertz CT molecular complexity index is 358. The number of ether oxygens (including phenoxy) is 1. The number of unbranched alkanes of at least 4 members (excludes halogenated alkanes) is 1. The van der Waals surface area contributed by atoms with Gasteiger partial charge in [0.05, 0.1) is 11.9 Å². The Morgan fingerprint density at radius 1 is 1.22 bits per heavy atom. The van der Waals surface area contributed by atoms with E-state index in [1.807, 2.05) is 0 Å². The molecule has 0 saturated heterocycles. The normalized spacial score (nSPS) is 27.0. The Hall–Kier alpha value is 0.0200. The quantitative estimate of drug-likeness (QED) is 0.567. The van der Waals surface area contributed by atoms with E-state index in [9.17, 15) is 12.6 Å². The fraction of sp³-hybridized carbons (Fsp3) is 1.00. The van der Waals surface area contributed by atoms with Gasteiger partial charge in [-0.15, -0.1) is 0 Å². The van der Waals surface area contributed by atoms with Crippen molar-refractivity contribution in [1.82, 2.24) is 0 Å². The van der Waals surface area contributed by atoms with Crippen molar-refractivity contribution in [2.24, 2.45) is 0 Å². The molecule has 18 heavy (non-hydrogen) atoms. The van der Waals surface area contributed by atoms with Gasteiger partial charge in [-0.05, 0) is 38.5 Å². The van der Waals surface area contributed by atoms with Crippen molar-refractivity contribution < 1.29 is 21.9 Å². The van der Waals surface area contributed by atoms with Crippen LogP contribution in [0.3, 0.4) is 0 Å². The maximum atomic E-state index is 11.3. The summed E-state index contributed by atoms with van der Waals surface area (Å²) in [5, 5.41) is 0.310. The zero-order valence-electron chi connectivity index (χ0n) is 10.7. The van der Waals surface area contributed by atoms with Gasteiger partial charge in [-0.1, -0.05) is 0 Å². The van der Waals surface area contributed by atoms with Gasteiger partial charge in [-0.3, -0.25) is 8.76 Å². The third-order valence-electron chi connectivity index (χ3n) is 3.24. The van der Waals surface area contributed by atoms with Crippen LogP contribution in [0.25, 0.3) is 0 Å². The molecule has 0 spiro atoms. The maximum absolute atomic E-state index is 11.3. The minimum absolute atomic E-state index is 0.197. The molecule has 0 aromatic heterocycles. The highest BCUT2D eigenvalue weighted by molar-refractivity contribution is 7.85. The van der Waals surface area contributed by atoms with Gasteiger partial charge in [0.25, 0.3) is 10.1 Å². The number of rotatable bonds is 7. The Morgan fingerprint density at radius 3 is 2.33 bits per heavy atom. The van der Waals surface area contributed by atoms with Crippen molar-refractivity contribution in [2.75, 3.05) is 18.6 Å². The molecular weight excluding hydrogens is 276 g/mol. The molecule has 0 radical (unpaired) electrons. The van der Waals surface area contributed by atoms with E-state index in [1.54, 1.807) is 6.26 Å². The van der Waals surface area contributed by atoms with Crippen molar-refractivity contribution in [2.45, 2.75) is 49.9 Å². The predicted octanol–water partition coefficient (Wildman–Crippen LogP) is 1.36. The second kappa shape index (κ2) is 7.57. The van der Waals surface area contributed by atoms with Crippen molar-refractivity contribution in [3.63, 3.8) is 0 Å². The van der Waals surface area contributed by atoms with Crippen LogP contribution >= 0.6 is 0 Å². The summed E-state index contributed by atoms with van der Waals surface area (Å²) in [7, 11) is -4.57. The Kier molecular flexibility index (Phi) is 6.76. The molecule has 1 unspecified atom stereocenters. The topological polar surface area (TPSA) is 80.7 Å².